The van der Waals surface area contributed by atoms with Crippen molar-refractivity contribution >= 4 is 39.9 Å². The lowest BCUT2D eigenvalue weighted by molar-refractivity contribution is -0.122. The number of imide groups is 1. The Morgan fingerprint density at radius 1 is 1.07 bits per heavy atom. The maximum absolute atomic E-state index is 12.6. The molecular formula is C23H22N2O2S. The molecule has 5 heteroatoms. The minimum absolute atomic E-state index is 0.179. The van der Waals surface area contributed by atoms with Gasteiger partial charge in [0, 0.05) is 35.8 Å². The number of carbonyl (C=O) groups excluding carboxylic acids is 2. The average molecular weight is 391 g/mol. The fourth-order valence-corrected chi connectivity index (χ4v) is 4.44. The van der Waals surface area contributed by atoms with Gasteiger partial charge in [0.15, 0.2) is 0 Å². The third kappa shape index (κ3) is 3.50. The van der Waals surface area contributed by atoms with Gasteiger partial charge in [-0.3, -0.25) is 14.5 Å². The molecule has 2 amide bonds. The normalized spacial score (nSPS) is 15.9. The molecule has 1 fully saturated rings. The quantitative estimate of drug-likeness (QED) is 0.545. The maximum Gasteiger partial charge on any atom is 0.293 e. The summed E-state index contributed by atoms with van der Waals surface area (Å²) in [5.74, 6) is -0.188. The van der Waals surface area contributed by atoms with Gasteiger partial charge in [-0.2, -0.15) is 0 Å². The number of nitrogens with zero attached hydrogens (tertiary/aromatic N) is 2. The van der Waals surface area contributed by atoms with Crippen LogP contribution < -0.4 is 0 Å². The zero-order chi connectivity index (χ0) is 19.7. The summed E-state index contributed by atoms with van der Waals surface area (Å²) >= 11 is 1.03. The van der Waals surface area contributed by atoms with E-state index >= 15 is 0 Å². The van der Waals surface area contributed by atoms with Crippen LogP contribution in [-0.2, 0) is 11.3 Å². The molecule has 1 aromatic heterocycles. The van der Waals surface area contributed by atoms with Crippen LogP contribution in [0, 0.1) is 6.92 Å². The molecule has 0 atom stereocenters. The smallest absolute Gasteiger partial charge is 0.293 e. The van der Waals surface area contributed by atoms with Gasteiger partial charge >= 0.3 is 0 Å². The Balaban J connectivity index is 1.73. The Hall–Kier alpha value is -2.79. The Labute approximate surface area is 168 Å². The van der Waals surface area contributed by atoms with Crippen LogP contribution in [0.3, 0.4) is 0 Å². The second kappa shape index (κ2) is 7.68. The van der Waals surface area contributed by atoms with E-state index in [4.69, 9.17) is 0 Å². The summed E-state index contributed by atoms with van der Waals surface area (Å²) in [7, 11) is 0. The van der Waals surface area contributed by atoms with Crippen LogP contribution in [0.25, 0.3) is 17.0 Å². The van der Waals surface area contributed by atoms with Crippen molar-refractivity contribution in [3.8, 4) is 0 Å². The molecule has 0 aliphatic carbocycles. The lowest BCUT2D eigenvalue weighted by Gasteiger charge is -2.09. The second-order valence-electron chi connectivity index (χ2n) is 7.05. The number of hydrogen-bond donors (Lipinski definition) is 0. The van der Waals surface area contributed by atoms with Gasteiger partial charge in [0.2, 0.25) is 0 Å². The number of hydrogen-bond acceptors (Lipinski definition) is 3. The summed E-state index contributed by atoms with van der Waals surface area (Å²) in [6.45, 7) is 5.28. The number of fused-ring (bicyclic) bond motifs is 1. The summed E-state index contributed by atoms with van der Waals surface area (Å²) in [6, 6.07) is 16.6. The molecule has 0 unspecified atom stereocenters. The van der Waals surface area contributed by atoms with Gasteiger partial charge in [0.25, 0.3) is 11.1 Å². The number of carbonyl (C=O) groups is 2. The van der Waals surface area contributed by atoms with Gasteiger partial charge < -0.3 is 4.57 Å². The Morgan fingerprint density at radius 2 is 1.89 bits per heavy atom. The van der Waals surface area contributed by atoms with Gasteiger partial charge in [-0.25, -0.2) is 0 Å². The van der Waals surface area contributed by atoms with Gasteiger partial charge in [-0.1, -0.05) is 55.0 Å². The minimum Gasteiger partial charge on any atom is -0.342 e. The van der Waals surface area contributed by atoms with Crippen LogP contribution in [0.15, 0.2) is 59.6 Å². The number of aryl methyl sites for hydroxylation is 1. The Bertz CT molecular complexity index is 1100. The van der Waals surface area contributed by atoms with Crippen molar-refractivity contribution in [3.05, 3.63) is 76.3 Å². The SMILES string of the molecule is CCCN1C(=O)S/C(=C/c2cn(Cc3cccc(C)c3)c3ccccc23)C1=O. The summed E-state index contributed by atoms with van der Waals surface area (Å²) < 4.78 is 2.20. The van der Waals surface area contributed by atoms with Gasteiger partial charge in [0.1, 0.15) is 0 Å². The lowest BCUT2D eigenvalue weighted by atomic mass is 10.1. The van der Waals surface area contributed by atoms with Crippen molar-refractivity contribution in [2.45, 2.75) is 26.8 Å². The van der Waals surface area contributed by atoms with Crippen molar-refractivity contribution in [1.82, 2.24) is 9.47 Å². The number of amides is 2. The monoisotopic (exact) mass is 390 g/mol. The summed E-state index contributed by atoms with van der Waals surface area (Å²) in [5.41, 5.74) is 4.54. The van der Waals surface area contributed by atoms with Crippen molar-refractivity contribution in [3.63, 3.8) is 0 Å². The predicted octanol–water partition coefficient (Wildman–Crippen LogP) is 5.44. The van der Waals surface area contributed by atoms with Crippen molar-refractivity contribution in [1.29, 1.82) is 0 Å². The van der Waals surface area contributed by atoms with Gasteiger partial charge in [-0.15, -0.1) is 0 Å². The van der Waals surface area contributed by atoms with Crippen LogP contribution in [0.5, 0.6) is 0 Å². The average Bonchev–Trinajstić information content (AvgIpc) is 3.15. The van der Waals surface area contributed by atoms with E-state index < -0.39 is 0 Å². The molecule has 0 spiro atoms. The first-order valence-corrected chi connectivity index (χ1v) is 10.3. The maximum atomic E-state index is 12.6. The molecule has 0 bridgehead atoms. The molecule has 1 aliphatic heterocycles. The highest BCUT2D eigenvalue weighted by Gasteiger charge is 2.34. The van der Waals surface area contributed by atoms with Crippen LogP contribution in [0.4, 0.5) is 4.79 Å². The largest absolute Gasteiger partial charge is 0.342 e. The molecule has 2 heterocycles. The Morgan fingerprint density at radius 3 is 2.68 bits per heavy atom. The minimum atomic E-state index is -0.188. The molecule has 142 valence electrons. The topological polar surface area (TPSA) is 42.3 Å². The predicted molar refractivity (Wildman–Crippen MR) is 115 cm³/mol. The molecule has 0 radical (unpaired) electrons. The first-order valence-electron chi connectivity index (χ1n) is 9.45. The number of rotatable bonds is 5. The molecule has 3 aromatic rings. The van der Waals surface area contributed by atoms with E-state index in [1.165, 1.54) is 16.0 Å². The van der Waals surface area contributed by atoms with E-state index in [2.05, 4.69) is 54.1 Å². The highest BCUT2D eigenvalue weighted by atomic mass is 32.2. The Kier molecular flexibility index (Phi) is 5.09. The van der Waals surface area contributed by atoms with Crippen molar-refractivity contribution in [2.75, 3.05) is 6.54 Å². The van der Waals surface area contributed by atoms with Crippen molar-refractivity contribution in [2.24, 2.45) is 0 Å². The van der Waals surface area contributed by atoms with Crippen molar-refractivity contribution < 1.29 is 9.59 Å². The molecule has 0 N–H and O–H groups in total. The van der Waals surface area contributed by atoms with Crippen LogP contribution in [-0.4, -0.2) is 27.2 Å². The number of aromatic nitrogens is 1. The van der Waals surface area contributed by atoms with Crippen LogP contribution in [0.2, 0.25) is 0 Å². The fourth-order valence-electron chi connectivity index (χ4n) is 3.59. The second-order valence-corrected chi connectivity index (χ2v) is 8.05. The molecule has 2 aromatic carbocycles. The fraction of sp³-hybridized carbons (Fsp3) is 0.217. The van der Waals surface area contributed by atoms with Gasteiger partial charge in [-0.05, 0) is 42.8 Å². The number of benzene rings is 2. The zero-order valence-electron chi connectivity index (χ0n) is 16.0. The van der Waals surface area contributed by atoms with Crippen LogP contribution in [0.1, 0.15) is 30.0 Å². The number of thioether (sulfide) groups is 1. The number of para-hydroxylation sites is 1. The molecular weight excluding hydrogens is 368 g/mol. The first kappa shape index (κ1) is 18.6. The van der Waals surface area contributed by atoms with Crippen LogP contribution >= 0.6 is 11.8 Å². The molecule has 0 saturated carbocycles. The van der Waals surface area contributed by atoms with Gasteiger partial charge in [0.05, 0.1) is 4.91 Å². The van der Waals surface area contributed by atoms with E-state index in [0.29, 0.717) is 11.4 Å². The zero-order valence-corrected chi connectivity index (χ0v) is 16.8. The summed E-state index contributed by atoms with van der Waals surface area (Å²) in [6.07, 6.45) is 4.69. The van der Waals surface area contributed by atoms with E-state index in [-0.39, 0.29) is 11.1 Å². The molecule has 1 saturated heterocycles. The third-order valence-corrected chi connectivity index (χ3v) is 5.77. The molecule has 4 rings (SSSR count). The standard InChI is InChI=1S/C23H22N2O2S/c1-3-11-25-22(26)21(28-23(25)27)13-18-15-24(20-10-5-4-9-19(18)20)14-17-8-6-7-16(2)12-17/h4-10,12-13,15H,3,11,14H2,1-2H3/b21-13+. The highest BCUT2D eigenvalue weighted by Crippen LogP contribution is 2.34. The lowest BCUT2D eigenvalue weighted by Crippen LogP contribution is -2.28. The summed E-state index contributed by atoms with van der Waals surface area (Å²) in [4.78, 5) is 26.6. The molecule has 4 nitrogen and oxygen atoms in total. The molecule has 1 aliphatic rings. The highest BCUT2D eigenvalue weighted by molar-refractivity contribution is 8.18. The van der Waals surface area contributed by atoms with E-state index in [9.17, 15) is 9.59 Å². The third-order valence-electron chi connectivity index (χ3n) is 4.86. The van der Waals surface area contributed by atoms with E-state index in [1.807, 2.05) is 25.1 Å². The first-order chi connectivity index (χ1) is 13.6. The summed E-state index contributed by atoms with van der Waals surface area (Å²) in [5, 5.41) is 0.902. The van der Waals surface area contributed by atoms with E-state index in [0.717, 1.165) is 41.2 Å². The van der Waals surface area contributed by atoms with E-state index in [1.54, 1.807) is 0 Å². The molecule has 28 heavy (non-hydrogen) atoms.